The molecule has 0 aliphatic carbocycles. The Balaban J connectivity index is 2.64. The molecule has 4 N–H and O–H groups in total. The minimum Gasteiger partial charge on any atom is -0.508 e. The van der Waals surface area contributed by atoms with E-state index in [-0.39, 0.29) is 16.5 Å². The van der Waals surface area contributed by atoms with Gasteiger partial charge in [-0.2, -0.15) is 16.8 Å². The third kappa shape index (κ3) is 4.16. The summed E-state index contributed by atoms with van der Waals surface area (Å²) in [4.78, 5) is 10.9. The Morgan fingerprint density at radius 1 is 1.09 bits per heavy atom. The number of carbonyl (C=O) groups excluding carboxylic acids is 1. The number of hydrogen-bond acceptors (Lipinski definition) is 6. The van der Waals surface area contributed by atoms with Crippen molar-refractivity contribution < 1.29 is 35.8 Å². The molecule has 0 aromatic heterocycles. The molecule has 11 heteroatoms. The van der Waals surface area contributed by atoms with Crippen LogP contribution < -0.4 is 5.32 Å². The first kappa shape index (κ1) is 17.1. The second kappa shape index (κ2) is 5.77. The molecule has 0 aliphatic heterocycles. The lowest BCUT2D eigenvalue weighted by Crippen LogP contribution is -2.22. The van der Waals surface area contributed by atoms with Crippen LogP contribution >= 0.6 is 0 Å². The maximum atomic E-state index is 11.6. The number of amides is 1. The number of fused-ring (bicyclic) bond motifs is 1. The van der Waals surface area contributed by atoms with Gasteiger partial charge in [-0.05, 0) is 17.5 Å². The molecule has 0 fully saturated rings. The Labute approximate surface area is 131 Å². The molecule has 0 aliphatic rings. The van der Waals surface area contributed by atoms with Gasteiger partial charge in [0, 0.05) is 11.5 Å². The van der Waals surface area contributed by atoms with Crippen LogP contribution in [0.25, 0.3) is 10.8 Å². The molecule has 0 heterocycles. The van der Waals surface area contributed by atoms with Gasteiger partial charge >= 0.3 is 0 Å². The Kier molecular flexibility index (Phi) is 4.30. The van der Waals surface area contributed by atoms with Gasteiger partial charge in [0.05, 0.1) is 5.69 Å². The van der Waals surface area contributed by atoms with E-state index in [1.807, 2.05) is 0 Å². The fourth-order valence-electron chi connectivity index (χ4n) is 2.03. The van der Waals surface area contributed by atoms with Gasteiger partial charge < -0.3 is 10.4 Å². The van der Waals surface area contributed by atoms with Crippen LogP contribution in [0.3, 0.4) is 0 Å². The van der Waals surface area contributed by atoms with Crippen LogP contribution in [0.5, 0.6) is 5.75 Å². The van der Waals surface area contributed by atoms with E-state index in [0.29, 0.717) is 0 Å². The van der Waals surface area contributed by atoms with Gasteiger partial charge in [-0.15, -0.1) is 0 Å². The van der Waals surface area contributed by atoms with Crippen molar-refractivity contribution in [3.05, 3.63) is 30.3 Å². The molecular formula is C12H11NO8S2. The van der Waals surface area contributed by atoms with Gasteiger partial charge in [0.1, 0.15) is 10.6 Å². The first-order valence-corrected chi connectivity index (χ1v) is 9.00. The van der Waals surface area contributed by atoms with Gasteiger partial charge in [0.2, 0.25) is 5.91 Å². The third-order valence-corrected chi connectivity index (χ3v) is 4.30. The SMILES string of the molecule is O=C(CS(=O)(=O)O)Nc1cccc2cc(O)cc(S(=O)(=O)O)c12. The number of carbonyl (C=O) groups is 1. The van der Waals surface area contributed by atoms with Crippen molar-refractivity contribution in [1.82, 2.24) is 0 Å². The van der Waals surface area contributed by atoms with Crippen molar-refractivity contribution in [2.75, 3.05) is 11.1 Å². The van der Waals surface area contributed by atoms with Crippen LogP contribution in [-0.2, 0) is 25.0 Å². The predicted molar refractivity (Wildman–Crippen MR) is 80.5 cm³/mol. The number of rotatable bonds is 4. The molecule has 23 heavy (non-hydrogen) atoms. The summed E-state index contributed by atoms with van der Waals surface area (Å²) in [5.41, 5.74) is -0.108. The summed E-state index contributed by atoms with van der Waals surface area (Å²) in [7, 11) is -9.29. The molecule has 0 spiro atoms. The number of phenolic OH excluding ortho intramolecular Hbond substituents is 1. The van der Waals surface area contributed by atoms with E-state index >= 15 is 0 Å². The van der Waals surface area contributed by atoms with E-state index < -0.39 is 42.5 Å². The lowest BCUT2D eigenvalue weighted by molar-refractivity contribution is -0.113. The van der Waals surface area contributed by atoms with Crippen molar-refractivity contribution in [3.8, 4) is 5.75 Å². The van der Waals surface area contributed by atoms with Crippen molar-refractivity contribution in [2.24, 2.45) is 0 Å². The third-order valence-electron chi connectivity index (χ3n) is 2.79. The van der Waals surface area contributed by atoms with Crippen LogP contribution in [0.15, 0.2) is 35.2 Å². The summed E-state index contributed by atoms with van der Waals surface area (Å²) in [6, 6.07) is 6.09. The minimum absolute atomic E-state index is 0.108. The van der Waals surface area contributed by atoms with Crippen LogP contribution in [-0.4, -0.2) is 42.7 Å². The average Bonchev–Trinajstić information content (AvgIpc) is 2.34. The normalized spacial score (nSPS) is 12.3. The Hall–Kier alpha value is -2.21. The highest BCUT2D eigenvalue weighted by Crippen LogP contribution is 2.33. The molecule has 0 saturated heterocycles. The van der Waals surface area contributed by atoms with Gasteiger partial charge in [-0.3, -0.25) is 13.9 Å². The van der Waals surface area contributed by atoms with E-state index in [9.17, 15) is 31.3 Å². The number of phenols is 1. The van der Waals surface area contributed by atoms with Crippen molar-refractivity contribution in [2.45, 2.75) is 4.90 Å². The lowest BCUT2D eigenvalue weighted by atomic mass is 10.1. The lowest BCUT2D eigenvalue weighted by Gasteiger charge is -2.11. The molecule has 0 radical (unpaired) electrons. The van der Waals surface area contributed by atoms with Gasteiger partial charge in [-0.1, -0.05) is 12.1 Å². The van der Waals surface area contributed by atoms with E-state index in [1.54, 1.807) is 0 Å². The van der Waals surface area contributed by atoms with Crippen molar-refractivity contribution >= 4 is 42.6 Å². The van der Waals surface area contributed by atoms with Gasteiger partial charge in [-0.25, -0.2) is 0 Å². The number of nitrogens with one attached hydrogen (secondary N) is 1. The smallest absolute Gasteiger partial charge is 0.295 e. The quantitative estimate of drug-likeness (QED) is 0.577. The summed E-state index contributed by atoms with van der Waals surface area (Å²) in [5.74, 6) is -2.75. The van der Waals surface area contributed by atoms with E-state index in [2.05, 4.69) is 5.32 Å². The summed E-state index contributed by atoms with van der Waals surface area (Å²) in [5, 5.41) is 11.7. The largest absolute Gasteiger partial charge is 0.508 e. The number of aromatic hydroxyl groups is 1. The topological polar surface area (TPSA) is 158 Å². The summed E-state index contributed by atoms with van der Waals surface area (Å²) in [6.07, 6.45) is 0. The standard InChI is InChI=1S/C12H11NO8S2/c14-8-4-7-2-1-3-9(13-11(15)6-22(16,17)18)12(7)10(5-8)23(19,20)21/h1-5,14H,6H2,(H,13,15)(H,16,17,18)(H,19,20,21). The first-order chi connectivity index (χ1) is 10.5. The molecule has 2 rings (SSSR count). The minimum atomic E-state index is -4.72. The second-order valence-corrected chi connectivity index (χ2v) is 7.44. The van der Waals surface area contributed by atoms with Crippen LogP contribution in [0, 0.1) is 0 Å². The zero-order valence-electron chi connectivity index (χ0n) is 11.3. The molecule has 0 atom stereocenters. The number of benzene rings is 2. The molecule has 0 unspecified atom stereocenters. The highest BCUT2D eigenvalue weighted by molar-refractivity contribution is 7.86. The number of hydrogen-bond donors (Lipinski definition) is 4. The van der Waals surface area contributed by atoms with E-state index in [4.69, 9.17) is 4.55 Å². The fraction of sp³-hybridized carbons (Fsp3) is 0.0833. The second-order valence-electron chi connectivity index (χ2n) is 4.60. The van der Waals surface area contributed by atoms with Crippen LogP contribution in [0.2, 0.25) is 0 Å². The summed E-state index contributed by atoms with van der Waals surface area (Å²) >= 11 is 0. The molecule has 124 valence electrons. The Morgan fingerprint density at radius 3 is 2.30 bits per heavy atom. The highest BCUT2D eigenvalue weighted by atomic mass is 32.2. The fourth-order valence-corrected chi connectivity index (χ4v) is 3.19. The molecule has 2 aromatic rings. The Bertz CT molecular complexity index is 995. The van der Waals surface area contributed by atoms with Crippen molar-refractivity contribution in [1.29, 1.82) is 0 Å². The summed E-state index contributed by atoms with van der Waals surface area (Å²) < 4.78 is 62.2. The van der Waals surface area contributed by atoms with Crippen molar-refractivity contribution in [3.63, 3.8) is 0 Å². The van der Waals surface area contributed by atoms with Crippen LogP contribution in [0.1, 0.15) is 0 Å². The highest BCUT2D eigenvalue weighted by Gasteiger charge is 2.20. The molecule has 1 amide bonds. The molecule has 0 bridgehead atoms. The molecule has 0 saturated carbocycles. The van der Waals surface area contributed by atoms with E-state index in [0.717, 1.165) is 6.07 Å². The molecule has 2 aromatic carbocycles. The zero-order valence-corrected chi connectivity index (χ0v) is 12.9. The summed E-state index contributed by atoms with van der Waals surface area (Å²) in [6.45, 7) is 0. The maximum absolute atomic E-state index is 11.6. The maximum Gasteiger partial charge on any atom is 0.295 e. The number of anilines is 1. The van der Waals surface area contributed by atoms with Crippen LogP contribution in [0.4, 0.5) is 5.69 Å². The molecular weight excluding hydrogens is 350 g/mol. The van der Waals surface area contributed by atoms with Gasteiger partial charge in [0.25, 0.3) is 20.2 Å². The predicted octanol–water partition coefficient (Wildman–Crippen LogP) is 0.618. The van der Waals surface area contributed by atoms with Gasteiger partial charge in [0.15, 0.2) is 5.75 Å². The zero-order chi connectivity index (χ0) is 17.4. The monoisotopic (exact) mass is 361 g/mol. The average molecular weight is 361 g/mol. The Morgan fingerprint density at radius 2 is 1.74 bits per heavy atom. The van der Waals surface area contributed by atoms with E-state index in [1.165, 1.54) is 24.3 Å². The first-order valence-electron chi connectivity index (χ1n) is 5.95. The molecule has 9 nitrogen and oxygen atoms in total.